The number of rotatable bonds is 4. The topological polar surface area (TPSA) is 63.1 Å². The van der Waals surface area contributed by atoms with Crippen molar-refractivity contribution >= 4 is 5.71 Å². The highest BCUT2D eigenvalue weighted by molar-refractivity contribution is 6.03. The van der Waals surface area contributed by atoms with Crippen LogP contribution in [-0.4, -0.2) is 25.0 Å². The fourth-order valence-corrected chi connectivity index (χ4v) is 2.61. The highest BCUT2D eigenvalue weighted by Gasteiger charge is 2.24. The molecule has 3 rings (SSSR count). The largest absolute Gasteiger partial charge is 0.507 e. The molecule has 1 aliphatic rings. The van der Waals surface area contributed by atoms with Gasteiger partial charge in [0, 0.05) is 12.0 Å². The van der Waals surface area contributed by atoms with Gasteiger partial charge in [-0.2, -0.15) is 5.10 Å². The van der Waals surface area contributed by atoms with E-state index >= 15 is 0 Å². The van der Waals surface area contributed by atoms with Gasteiger partial charge in [-0.05, 0) is 35.9 Å². The summed E-state index contributed by atoms with van der Waals surface area (Å²) in [6, 6.07) is 9.38. The second-order valence-electron chi connectivity index (χ2n) is 5.22. The standard InChI is InChI=1S/C17H17FN2O3/c1-22-16-6-3-10(7-17(16)23-2)13-9-14(20-19-13)12-8-11(18)4-5-15(12)21/h3-8,13,19,21H,9H2,1-2H3/t13-/m0/s1. The predicted octanol–water partition coefficient (Wildman–Crippen LogP) is 2.99. The van der Waals surface area contributed by atoms with Gasteiger partial charge in [0.15, 0.2) is 11.5 Å². The van der Waals surface area contributed by atoms with Gasteiger partial charge in [-0.25, -0.2) is 4.39 Å². The Hall–Kier alpha value is -2.76. The van der Waals surface area contributed by atoms with Crippen LogP contribution in [0.3, 0.4) is 0 Å². The van der Waals surface area contributed by atoms with Gasteiger partial charge in [0.05, 0.1) is 26.0 Å². The Morgan fingerprint density at radius 2 is 1.91 bits per heavy atom. The summed E-state index contributed by atoms with van der Waals surface area (Å²) in [5.41, 5.74) is 5.00. The van der Waals surface area contributed by atoms with E-state index in [-0.39, 0.29) is 11.8 Å². The maximum atomic E-state index is 13.4. The molecule has 120 valence electrons. The number of halogens is 1. The number of hydrazone groups is 1. The first-order chi connectivity index (χ1) is 11.1. The van der Waals surface area contributed by atoms with Crippen LogP contribution >= 0.6 is 0 Å². The second-order valence-corrected chi connectivity index (χ2v) is 5.22. The number of hydrogen-bond donors (Lipinski definition) is 2. The Morgan fingerprint density at radius 1 is 1.13 bits per heavy atom. The molecule has 0 saturated heterocycles. The Bertz CT molecular complexity index is 761. The monoisotopic (exact) mass is 316 g/mol. The first-order valence-corrected chi connectivity index (χ1v) is 7.15. The number of nitrogens with one attached hydrogen (secondary N) is 1. The number of benzene rings is 2. The fourth-order valence-electron chi connectivity index (χ4n) is 2.61. The molecule has 0 radical (unpaired) electrons. The van der Waals surface area contributed by atoms with Gasteiger partial charge in [0.1, 0.15) is 11.6 Å². The quantitative estimate of drug-likeness (QED) is 0.910. The van der Waals surface area contributed by atoms with Crippen molar-refractivity contribution in [3.05, 3.63) is 53.3 Å². The van der Waals surface area contributed by atoms with E-state index in [1.54, 1.807) is 14.2 Å². The molecule has 2 aromatic carbocycles. The molecular weight excluding hydrogens is 299 g/mol. The summed E-state index contributed by atoms with van der Waals surface area (Å²) in [7, 11) is 3.16. The smallest absolute Gasteiger partial charge is 0.161 e. The molecule has 2 N–H and O–H groups in total. The lowest BCUT2D eigenvalue weighted by molar-refractivity contribution is 0.354. The first kappa shape index (κ1) is 15.1. The summed E-state index contributed by atoms with van der Waals surface area (Å²) in [4.78, 5) is 0. The third-order valence-corrected chi connectivity index (χ3v) is 3.83. The van der Waals surface area contributed by atoms with Crippen LogP contribution in [0.2, 0.25) is 0 Å². The molecule has 0 bridgehead atoms. The molecule has 1 atom stereocenters. The molecule has 0 fully saturated rings. The van der Waals surface area contributed by atoms with Crippen molar-refractivity contribution in [3.63, 3.8) is 0 Å². The lowest BCUT2D eigenvalue weighted by atomic mass is 9.98. The van der Waals surface area contributed by atoms with E-state index in [1.165, 1.54) is 18.2 Å². The van der Waals surface area contributed by atoms with E-state index in [9.17, 15) is 9.50 Å². The van der Waals surface area contributed by atoms with Gasteiger partial charge in [-0.1, -0.05) is 6.07 Å². The van der Waals surface area contributed by atoms with Gasteiger partial charge >= 0.3 is 0 Å². The van der Waals surface area contributed by atoms with Gasteiger partial charge in [-0.3, -0.25) is 0 Å². The summed E-state index contributed by atoms with van der Waals surface area (Å²) in [5.74, 6) is 0.891. The van der Waals surface area contributed by atoms with Crippen molar-refractivity contribution in [2.45, 2.75) is 12.5 Å². The van der Waals surface area contributed by atoms with Crippen molar-refractivity contribution in [3.8, 4) is 17.2 Å². The lowest BCUT2D eigenvalue weighted by Gasteiger charge is -2.14. The zero-order valence-electron chi connectivity index (χ0n) is 12.8. The van der Waals surface area contributed by atoms with Crippen LogP contribution in [0.25, 0.3) is 0 Å². The van der Waals surface area contributed by atoms with E-state index in [0.717, 1.165) is 5.56 Å². The van der Waals surface area contributed by atoms with Crippen LogP contribution in [0.4, 0.5) is 4.39 Å². The van der Waals surface area contributed by atoms with Crippen LogP contribution in [-0.2, 0) is 0 Å². The molecule has 6 heteroatoms. The summed E-state index contributed by atoms with van der Waals surface area (Å²) in [6.07, 6.45) is 0.534. The summed E-state index contributed by atoms with van der Waals surface area (Å²) in [6.45, 7) is 0. The van der Waals surface area contributed by atoms with Crippen molar-refractivity contribution in [2.75, 3.05) is 14.2 Å². The summed E-state index contributed by atoms with van der Waals surface area (Å²) < 4.78 is 23.9. The zero-order valence-corrected chi connectivity index (χ0v) is 12.8. The molecule has 5 nitrogen and oxygen atoms in total. The molecule has 1 heterocycles. The molecule has 23 heavy (non-hydrogen) atoms. The van der Waals surface area contributed by atoms with Crippen LogP contribution < -0.4 is 14.9 Å². The van der Waals surface area contributed by atoms with Gasteiger partial charge < -0.3 is 20.0 Å². The average Bonchev–Trinajstić information content (AvgIpc) is 3.06. The maximum absolute atomic E-state index is 13.4. The van der Waals surface area contributed by atoms with Crippen molar-refractivity contribution in [2.24, 2.45) is 5.10 Å². The number of methoxy groups -OCH3 is 2. The third kappa shape index (κ3) is 2.92. The predicted molar refractivity (Wildman–Crippen MR) is 84.6 cm³/mol. The van der Waals surface area contributed by atoms with Gasteiger partial charge in [0.2, 0.25) is 0 Å². The van der Waals surface area contributed by atoms with Crippen LogP contribution in [0, 0.1) is 5.82 Å². The Kier molecular flexibility index (Phi) is 4.06. The van der Waals surface area contributed by atoms with Crippen molar-refractivity contribution < 1.29 is 19.0 Å². The van der Waals surface area contributed by atoms with E-state index < -0.39 is 5.82 Å². The van der Waals surface area contributed by atoms with Crippen LogP contribution in [0.15, 0.2) is 41.5 Å². The summed E-state index contributed by atoms with van der Waals surface area (Å²) in [5, 5.41) is 14.1. The SMILES string of the molecule is COc1ccc([C@@H]2CC(c3cc(F)ccc3O)=NN2)cc1OC. The normalized spacial score (nSPS) is 16.7. The molecule has 2 aromatic rings. The van der Waals surface area contributed by atoms with E-state index in [2.05, 4.69) is 10.5 Å². The van der Waals surface area contributed by atoms with E-state index in [1.807, 2.05) is 18.2 Å². The van der Waals surface area contributed by atoms with Crippen LogP contribution in [0.5, 0.6) is 17.2 Å². The van der Waals surface area contributed by atoms with Crippen LogP contribution in [0.1, 0.15) is 23.6 Å². The number of nitrogens with zero attached hydrogens (tertiary/aromatic N) is 1. The Morgan fingerprint density at radius 3 is 2.65 bits per heavy atom. The third-order valence-electron chi connectivity index (χ3n) is 3.83. The minimum atomic E-state index is -0.407. The summed E-state index contributed by atoms with van der Waals surface area (Å²) >= 11 is 0. The number of phenols is 1. The molecule has 0 amide bonds. The number of hydrogen-bond acceptors (Lipinski definition) is 5. The molecular formula is C17H17FN2O3. The molecule has 0 unspecified atom stereocenters. The number of aromatic hydroxyl groups is 1. The minimum Gasteiger partial charge on any atom is -0.507 e. The minimum absolute atomic E-state index is 0.0138. The fraction of sp³-hybridized carbons (Fsp3) is 0.235. The molecule has 0 aliphatic carbocycles. The number of ether oxygens (including phenoxy) is 2. The van der Waals surface area contributed by atoms with Crippen molar-refractivity contribution in [1.82, 2.24) is 5.43 Å². The Labute approximate surface area is 133 Å². The second kappa shape index (κ2) is 6.16. The number of phenolic OH excluding ortho intramolecular Hbond substituents is 1. The Balaban J connectivity index is 1.83. The van der Waals surface area contributed by atoms with E-state index in [4.69, 9.17) is 9.47 Å². The van der Waals surface area contributed by atoms with E-state index in [0.29, 0.717) is 29.2 Å². The zero-order chi connectivity index (χ0) is 16.4. The highest BCUT2D eigenvalue weighted by Crippen LogP contribution is 2.33. The van der Waals surface area contributed by atoms with Crippen molar-refractivity contribution in [1.29, 1.82) is 0 Å². The lowest BCUT2D eigenvalue weighted by Crippen LogP contribution is -2.10. The highest BCUT2D eigenvalue weighted by atomic mass is 19.1. The molecule has 0 spiro atoms. The molecule has 1 aliphatic heterocycles. The molecule has 0 saturated carbocycles. The maximum Gasteiger partial charge on any atom is 0.161 e. The van der Waals surface area contributed by atoms with Gasteiger partial charge in [0.25, 0.3) is 0 Å². The van der Waals surface area contributed by atoms with Gasteiger partial charge in [-0.15, -0.1) is 0 Å². The first-order valence-electron chi connectivity index (χ1n) is 7.15. The average molecular weight is 316 g/mol. The molecule has 0 aromatic heterocycles.